The summed E-state index contributed by atoms with van der Waals surface area (Å²) in [5, 5.41) is 0.0928. The van der Waals surface area contributed by atoms with E-state index < -0.39 is 5.82 Å². The molecule has 0 saturated heterocycles. The Labute approximate surface area is 128 Å². The molecule has 0 N–H and O–H groups in total. The highest BCUT2D eigenvalue weighted by Crippen LogP contribution is 2.22. The number of rotatable bonds is 2. The number of hydrogen-bond acceptors (Lipinski definition) is 1. The van der Waals surface area contributed by atoms with Crippen molar-refractivity contribution in [3.05, 3.63) is 70.0 Å². The summed E-state index contributed by atoms with van der Waals surface area (Å²) < 4.78 is 13.2. The van der Waals surface area contributed by atoms with E-state index in [-0.39, 0.29) is 10.9 Å². The summed E-state index contributed by atoms with van der Waals surface area (Å²) in [5.41, 5.74) is 3.25. The van der Waals surface area contributed by atoms with Crippen molar-refractivity contribution in [1.29, 1.82) is 0 Å². The highest BCUT2D eigenvalue weighted by Gasteiger charge is 2.20. The molecule has 1 aliphatic rings. The molecule has 108 valence electrons. The van der Waals surface area contributed by atoms with Crippen molar-refractivity contribution < 1.29 is 9.18 Å². The third-order valence-corrected chi connectivity index (χ3v) is 4.09. The van der Waals surface area contributed by atoms with Crippen LogP contribution in [0.2, 0.25) is 5.02 Å². The van der Waals surface area contributed by atoms with Gasteiger partial charge in [0.2, 0.25) is 5.91 Å². The number of fused-ring (bicyclic) bond motifs is 1. The van der Waals surface area contributed by atoms with Gasteiger partial charge in [-0.25, -0.2) is 4.39 Å². The standard InChI is InChI=1S/C17H15ClFNO/c18-15-9-12(5-7-16(15)19)10-20-11-14-4-2-1-3-13(14)6-8-17(20)21/h1-5,7,9H,6,8,10-11H2. The van der Waals surface area contributed by atoms with Crippen molar-refractivity contribution in [1.82, 2.24) is 4.90 Å². The Morgan fingerprint density at radius 2 is 1.86 bits per heavy atom. The van der Waals surface area contributed by atoms with Crippen LogP contribution in [0.3, 0.4) is 0 Å². The number of carbonyl (C=O) groups is 1. The Morgan fingerprint density at radius 3 is 2.62 bits per heavy atom. The van der Waals surface area contributed by atoms with Gasteiger partial charge in [0.05, 0.1) is 5.02 Å². The number of carbonyl (C=O) groups excluding carboxylic acids is 1. The van der Waals surface area contributed by atoms with Crippen LogP contribution in [0.5, 0.6) is 0 Å². The lowest BCUT2D eigenvalue weighted by Crippen LogP contribution is -2.28. The van der Waals surface area contributed by atoms with Crippen LogP contribution in [-0.2, 0) is 24.3 Å². The van der Waals surface area contributed by atoms with Gasteiger partial charge in [-0.3, -0.25) is 4.79 Å². The van der Waals surface area contributed by atoms with Crippen LogP contribution in [0.25, 0.3) is 0 Å². The van der Waals surface area contributed by atoms with Crippen LogP contribution in [0, 0.1) is 5.82 Å². The predicted octanol–water partition coefficient (Wildman–Crippen LogP) is 3.95. The van der Waals surface area contributed by atoms with Crippen LogP contribution < -0.4 is 0 Å². The zero-order chi connectivity index (χ0) is 14.8. The van der Waals surface area contributed by atoms with E-state index in [1.54, 1.807) is 17.0 Å². The number of benzene rings is 2. The molecule has 0 aliphatic carbocycles. The van der Waals surface area contributed by atoms with Gasteiger partial charge in [-0.1, -0.05) is 41.9 Å². The van der Waals surface area contributed by atoms with Gasteiger partial charge in [-0.2, -0.15) is 0 Å². The summed E-state index contributed by atoms with van der Waals surface area (Å²) in [6, 6.07) is 12.7. The van der Waals surface area contributed by atoms with Crippen LogP contribution in [0.15, 0.2) is 42.5 Å². The van der Waals surface area contributed by atoms with E-state index in [9.17, 15) is 9.18 Å². The normalized spacial score (nSPS) is 14.8. The lowest BCUT2D eigenvalue weighted by molar-refractivity contribution is -0.132. The zero-order valence-electron chi connectivity index (χ0n) is 11.5. The Morgan fingerprint density at radius 1 is 1.10 bits per heavy atom. The first-order valence-electron chi connectivity index (χ1n) is 6.92. The molecule has 0 saturated carbocycles. The minimum atomic E-state index is -0.437. The van der Waals surface area contributed by atoms with Crippen molar-refractivity contribution in [2.45, 2.75) is 25.9 Å². The van der Waals surface area contributed by atoms with E-state index in [1.807, 2.05) is 12.1 Å². The molecule has 1 heterocycles. The maximum absolute atomic E-state index is 13.2. The lowest BCUT2D eigenvalue weighted by atomic mass is 10.0. The lowest BCUT2D eigenvalue weighted by Gasteiger charge is -2.21. The van der Waals surface area contributed by atoms with Crippen molar-refractivity contribution in [2.75, 3.05) is 0 Å². The van der Waals surface area contributed by atoms with Gasteiger partial charge in [-0.05, 0) is 35.2 Å². The fraction of sp³-hybridized carbons (Fsp3) is 0.235. The zero-order valence-corrected chi connectivity index (χ0v) is 12.2. The molecule has 0 fully saturated rings. The maximum Gasteiger partial charge on any atom is 0.223 e. The molecule has 0 spiro atoms. The predicted molar refractivity (Wildman–Crippen MR) is 80.4 cm³/mol. The van der Waals surface area contributed by atoms with Crippen molar-refractivity contribution in [3.63, 3.8) is 0 Å². The monoisotopic (exact) mass is 303 g/mol. The van der Waals surface area contributed by atoms with E-state index in [0.717, 1.165) is 12.0 Å². The molecule has 0 aromatic heterocycles. The van der Waals surface area contributed by atoms with Crippen molar-refractivity contribution in [3.8, 4) is 0 Å². The molecule has 21 heavy (non-hydrogen) atoms. The third kappa shape index (κ3) is 3.08. The Hall–Kier alpha value is -1.87. The number of aryl methyl sites for hydroxylation is 1. The first kappa shape index (κ1) is 14.1. The number of halogens is 2. The number of amides is 1. The van der Waals surface area contributed by atoms with Gasteiger partial charge in [0.15, 0.2) is 0 Å². The van der Waals surface area contributed by atoms with E-state index in [0.29, 0.717) is 19.5 Å². The van der Waals surface area contributed by atoms with Gasteiger partial charge in [0, 0.05) is 19.5 Å². The maximum atomic E-state index is 13.2. The topological polar surface area (TPSA) is 20.3 Å². The number of nitrogens with zero attached hydrogens (tertiary/aromatic N) is 1. The van der Waals surface area contributed by atoms with E-state index in [2.05, 4.69) is 12.1 Å². The molecule has 2 aromatic carbocycles. The molecule has 4 heteroatoms. The fourth-order valence-corrected chi connectivity index (χ4v) is 2.85. The fourth-order valence-electron chi connectivity index (χ4n) is 2.65. The molecule has 0 radical (unpaired) electrons. The van der Waals surface area contributed by atoms with E-state index in [4.69, 9.17) is 11.6 Å². The Kier molecular flexibility index (Phi) is 3.93. The quantitative estimate of drug-likeness (QED) is 0.822. The molecule has 1 amide bonds. The Bertz CT molecular complexity index is 686. The summed E-state index contributed by atoms with van der Waals surface area (Å²) in [6.45, 7) is 1.04. The van der Waals surface area contributed by atoms with Crippen LogP contribution in [-0.4, -0.2) is 10.8 Å². The summed E-state index contributed by atoms with van der Waals surface area (Å²) in [5.74, 6) is -0.320. The van der Waals surface area contributed by atoms with Gasteiger partial charge in [-0.15, -0.1) is 0 Å². The first-order valence-corrected chi connectivity index (χ1v) is 7.30. The van der Waals surface area contributed by atoms with Gasteiger partial charge in [0.1, 0.15) is 5.82 Å². The average Bonchev–Trinajstić information content (AvgIpc) is 2.63. The molecule has 0 atom stereocenters. The minimum absolute atomic E-state index is 0.0928. The van der Waals surface area contributed by atoms with Crippen LogP contribution in [0.1, 0.15) is 23.1 Å². The minimum Gasteiger partial charge on any atom is -0.334 e. The molecule has 0 unspecified atom stereocenters. The average molecular weight is 304 g/mol. The number of hydrogen-bond donors (Lipinski definition) is 0. The smallest absolute Gasteiger partial charge is 0.223 e. The summed E-state index contributed by atoms with van der Waals surface area (Å²) in [6.07, 6.45) is 1.28. The second-order valence-electron chi connectivity index (χ2n) is 5.27. The van der Waals surface area contributed by atoms with Crippen LogP contribution >= 0.6 is 11.6 Å². The molecular weight excluding hydrogens is 289 g/mol. The molecule has 1 aliphatic heterocycles. The molecule has 2 aromatic rings. The van der Waals surface area contributed by atoms with Gasteiger partial charge < -0.3 is 4.90 Å². The highest BCUT2D eigenvalue weighted by molar-refractivity contribution is 6.30. The molecule has 2 nitrogen and oxygen atoms in total. The second kappa shape index (κ2) is 5.86. The highest BCUT2D eigenvalue weighted by atomic mass is 35.5. The SMILES string of the molecule is O=C1CCc2ccccc2CN1Cc1ccc(F)c(Cl)c1. The third-order valence-electron chi connectivity index (χ3n) is 3.80. The first-order chi connectivity index (χ1) is 10.1. The van der Waals surface area contributed by atoms with Crippen molar-refractivity contribution in [2.24, 2.45) is 0 Å². The second-order valence-corrected chi connectivity index (χ2v) is 5.67. The molecule has 3 rings (SSSR count). The van der Waals surface area contributed by atoms with E-state index >= 15 is 0 Å². The summed E-state index contributed by atoms with van der Waals surface area (Å²) in [7, 11) is 0. The largest absolute Gasteiger partial charge is 0.334 e. The van der Waals surface area contributed by atoms with Crippen LogP contribution in [0.4, 0.5) is 4.39 Å². The molecule has 0 bridgehead atoms. The molecular formula is C17H15ClFNO. The summed E-state index contributed by atoms with van der Waals surface area (Å²) >= 11 is 5.80. The van der Waals surface area contributed by atoms with E-state index in [1.165, 1.54) is 17.2 Å². The van der Waals surface area contributed by atoms with Crippen molar-refractivity contribution >= 4 is 17.5 Å². The van der Waals surface area contributed by atoms with Gasteiger partial charge in [0.25, 0.3) is 0 Å². The summed E-state index contributed by atoms with van der Waals surface area (Å²) in [4.78, 5) is 14.1. The van der Waals surface area contributed by atoms with Gasteiger partial charge >= 0.3 is 0 Å². The Balaban J connectivity index is 1.84.